The summed E-state index contributed by atoms with van der Waals surface area (Å²) in [7, 11) is 0. The van der Waals surface area contributed by atoms with Gasteiger partial charge in [-0.3, -0.25) is 0 Å². The summed E-state index contributed by atoms with van der Waals surface area (Å²) in [4.78, 5) is 7.34. The van der Waals surface area contributed by atoms with Crippen molar-refractivity contribution in [2.45, 2.75) is 26.3 Å². The molecule has 1 fully saturated rings. The minimum Gasteiger partial charge on any atom is -0.381 e. The van der Waals surface area contributed by atoms with E-state index >= 15 is 0 Å². The highest BCUT2D eigenvalue weighted by molar-refractivity contribution is 5.07. The van der Waals surface area contributed by atoms with Gasteiger partial charge in [-0.15, -0.1) is 0 Å². The molecule has 0 saturated carbocycles. The number of hydrogen-bond donors (Lipinski definition) is 2. The zero-order chi connectivity index (χ0) is 10.5. The minimum atomic E-state index is 0.776. The van der Waals surface area contributed by atoms with Crippen molar-refractivity contribution >= 4 is 0 Å². The van der Waals surface area contributed by atoms with E-state index in [2.05, 4.69) is 22.2 Å². The van der Waals surface area contributed by atoms with Gasteiger partial charge in [0, 0.05) is 25.5 Å². The van der Waals surface area contributed by atoms with Gasteiger partial charge in [0.25, 0.3) is 0 Å². The van der Waals surface area contributed by atoms with Crippen molar-refractivity contribution in [2.75, 3.05) is 19.8 Å². The SMILES string of the molecule is Cc1[nH]cnc1CNCC1CCOCC1. The van der Waals surface area contributed by atoms with Crippen LogP contribution in [0.3, 0.4) is 0 Å². The Kier molecular flexibility index (Phi) is 3.75. The van der Waals surface area contributed by atoms with Crippen LogP contribution in [0, 0.1) is 12.8 Å². The Bertz CT molecular complexity index is 292. The summed E-state index contributed by atoms with van der Waals surface area (Å²) in [5, 5.41) is 3.46. The van der Waals surface area contributed by atoms with Crippen LogP contribution in [0.4, 0.5) is 0 Å². The summed E-state index contributed by atoms with van der Waals surface area (Å²) in [5.74, 6) is 0.776. The van der Waals surface area contributed by atoms with Gasteiger partial charge in [0.1, 0.15) is 0 Å². The van der Waals surface area contributed by atoms with Gasteiger partial charge in [0.2, 0.25) is 0 Å². The van der Waals surface area contributed by atoms with Gasteiger partial charge >= 0.3 is 0 Å². The number of rotatable bonds is 4. The lowest BCUT2D eigenvalue weighted by Gasteiger charge is -2.22. The maximum absolute atomic E-state index is 5.33. The zero-order valence-corrected chi connectivity index (χ0v) is 9.25. The van der Waals surface area contributed by atoms with E-state index in [1.807, 2.05) is 0 Å². The predicted molar refractivity (Wildman–Crippen MR) is 58.6 cm³/mol. The van der Waals surface area contributed by atoms with Gasteiger partial charge in [-0.2, -0.15) is 0 Å². The summed E-state index contributed by atoms with van der Waals surface area (Å²) in [6, 6.07) is 0. The Hall–Kier alpha value is -0.870. The van der Waals surface area contributed by atoms with E-state index in [0.717, 1.165) is 43.6 Å². The fraction of sp³-hybridized carbons (Fsp3) is 0.727. The first kappa shape index (κ1) is 10.6. The first-order chi connectivity index (χ1) is 7.36. The maximum atomic E-state index is 5.33. The summed E-state index contributed by atoms with van der Waals surface area (Å²) in [6.45, 7) is 5.85. The predicted octanol–water partition coefficient (Wildman–Crippen LogP) is 1.23. The monoisotopic (exact) mass is 209 g/mol. The third kappa shape index (κ3) is 3.04. The summed E-state index contributed by atoms with van der Waals surface area (Å²) < 4.78 is 5.33. The standard InChI is InChI=1S/C11H19N3O/c1-9-11(14-8-13-9)7-12-6-10-2-4-15-5-3-10/h8,10,12H,2-7H2,1H3,(H,13,14). The number of aromatic amines is 1. The normalized spacial score (nSPS) is 18.2. The first-order valence-corrected chi connectivity index (χ1v) is 5.63. The van der Waals surface area contributed by atoms with Crippen LogP contribution in [-0.4, -0.2) is 29.7 Å². The van der Waals surface area contributed by atoms with Crippen LogP contribution in [0.5, 0.6) is 0 Å². The Morgan fingerprint density at radius 3 is 3.00 bits per heavy atom. The molecular weight excluding hydrogens is 190 g/mol. The zero-order valence-electron chi connectivity index (χ0n) is 9.25. The van der Waals surface area contributed by atoms with Crippen LogP contribution in [0.1, 0.15) is 24.2 Å². The third-order valence-electron chi connectivity index (χ3n) is 3.00. The first-order valence-electron chi connectivity index (χ1n) is 5.63. The van der Waals surface area contributed by atoms with E-state index in [-0.39, 0.29) is 0 Å². The summed E-state index contributed by atoms with van der Waals surface area (Å²) in [6.07, 6.45) is 4.12. The molecule has 2 heterocycles. The van der Waals surface area contributed by atoms with E-state index in [9.17, 15) is 0 Å². The van der Waals surface area contributed by atoms with Gasteiger partial charge in [-0.1, -0.05) is 0 Å². The van der Waals surface area contributed by atoms with E-state index in [1.165, 1.54) is 12.8 Å². The molecule has 1 aromatic heterocycles. The lowest BCUT2D eigenvalue weighted by Crippen LogP contribution is -2.27. The molecule has 4 heteroatoms. The number of H-pyrrole nitrogens is 1. The van der Waals surface area contributed by atoms with Crippen LogP contribution in [-0.2, 0) is 11.3 Å². The molecule has 0 radical (unpaired) electrons. The van der Waals surface area contributed by atoms with E-state index < -0.39 is 0 Å². The van der Waals surface area contributed by atoms with Crippen LogP contribution in [0.15, 0.2) is 6.33 Å². The Labute approximate surface area is 90.4 Å². The smallest absolute Gasteiger partial charge is 0.0925 e. The number of imidazole rings is 1. The number of aromatic nitrogens is 2. The van der Waals surface area contributed by atoms with Crippen LogP contribution in [0.25, 0.3) is 0 Å². The average Bonchev–Trinajstić information content (AvgIpc) is 2.66. The third-order valence-corrected chi connectivity index (χ3v) is 3.00. The van der Waals surface area contributed by atoms with Crippen LogP contribution < -0.4 is 5.32 Å². The average molecular weight is 209 g/mol. The van der Waals surface area contributed by atoms with Crippen molar-refractivity contribution in [2.24, 2.45) is 5.92 Å². The number of nitrogens with one attached hydrogen (secondary N) is 2. The molecule has 0 bridgehead atoms. The minimum absolute atomic E-state index is 0.776. The Morgan fingerprint density at radius 1 is 1.53 bits per heavy atom. The summed E-state index contributed by atoms with van der Waals surface area (Å²) in [5.41, 5.74) is 2.29. The van der Waals surface area contributed by atoms with Crippen LogP contribution >= 0.6 is 0 Å². The molecule has 2 rings (SSSR count). The van der Waals surface area contributed by atoms with Gasteiger partial charge in [-0.25, -0.2) is 4.98 Å². The van der Waals surface area contributed by atoms with E-state index in [4.69, 9.17) is 4.74 Å². The number of ether oxygens (including phenoxy) is 1. The molecule has 0 atom stereocenters. The molecule has 2 N–H and O–H groups in total. The largest absolute Gasteiger partial charge is 0.381 e. The van der Waals surface area contributed by atoms with Gasteiger partial charge in [0.05, 0.1) is 12.0 Å². The van der Waals surface area contributed by atoms with Gasteiger partial charge in [0.15, 0.2) is 0 Å². The van der Waals surface area contributed by atoms with Crippen molar-refractivity contribution in [3.63, 3.8) is 0 Å². The second-order valence-electron chi connectivity index (χ2n) is 4.16. The van der Waals surface area contributed by atoms with E-state index in [1.54, 1.807) is 6.33 Å². The molecule has 1 aliphatic rings. The van der Waals surface area contributed by atoms with Gasteiger partial charge < -0.3 is 15.0 Å². The Balaban J connectivity index is 1.68. The molecule has 0 amide bonds. The summed E-state index contributed by atoms with van der Waals surface area (Å²) >= 11 is 0. The van der Waals surface area contributed by atoms with Crippen molar-refractivity contribution in [3.8, 4) is 0 Å². The second-order valence-corrected chi connectivity index (χ2v) is 4.16. The highest BCUT2D eigenvalue weighted by Crippen LogP contribution is 2.13. The number of aryl methyl sites for hydroxylation is 1. The fourth-order valence-electron chi connectivity index (χ4n) is 1.91. The lowest BCUT2D eigenvalue weighted by molar-refractivity contribution is 0.0662. The van der Waals surface area contributed by atoms with E-state index in [0.29, 0.717) is 0 Å². The van der Waals surface area contributed by atoms with Crippen molar-refractivity contribution in [1.82, 2.24) is 15.3 Å². The molecule has 15 heavy (non-hydrogen) atoms. The molecule has 0 aliphatic carbocycles. The highest BCUT2D eigenvalue weighted by Gasteiger charge is 2.13. The topological polar surface area (TPSA) is 49.9 Å². The molecular formula is C11H19N3O. The quantitative estimate of drug-likeness (QED) is 0.784. The highest BCUT2D eigenvalue weighted by atomic mass is 16.5. The molecule has 1 aliphatic heterocycles. The van der Waals surface area contributed by atoms with Crippen molar-refractivity contribution in [1.29, 1.82) is 0 Å². The molecule has 0 aromatic carbocycles. The van der Waals surface area contributed by atoms with Crippen LogP contribution in [0.2, 0.25) is 0 Å². The molecule has 0 unspecified atom stereocenters. The molecule has 1 saturated heterocycles. The van der Waals surface area contributed by atoms with Crippen molar-refractivity contribution < 1.29 is 4.74 Å². The number of hydrogen-bond acceptors (Lipinski definition) is 3. The fourth-order valence-corrected chi connectivity index (χ4v) is 1.91. The number of nitrogens with zero attached hydrogens (tertiary/aromatic N) is 1. The maximum Gasteiger partial charge on any atom is 0.0925 e. The Morgan fingerprint density at radius 2 is 2.33 bits per heavy atom. The molecule has 0 spiro atoms. The second kappa shape index (κ2) is 5.28. The molecule has 84 valence electrons. The van der Waals surface area contributed by atoms with Crippen molar-refractivity contribution in [3.05, 3.63) is 17.7 Å². The molecule has 4 nitrogen and oxygen atoms in total. The molecule has 1 aromatic rings. The lowest BCUT2D eigenvalue weighted by atomic mass is 10.0. The van der Waals surface area contributed by atoms with Gasteiger partial charge in [-0.05, 0) is 32.2 Å².